The largest absolute Gasteiger partial charge is 0.381 e. The molecule has 0 saturated carbocycles. The van der Waals surface area contributed by atoms with Crippen LogP contribution >= 0.6 is 0 Å². The Kier molecular flexibility index (Phi) is 7.02. The van der Waals surface area contributed by atoms with Gasteiger partial charge in [0.1, 0.15) is 5.82 Å². The minimum absolute atomic E-state index is 0.0480. The van der Waals surface area contributed by atoms with Gasteiger partial charge in [0.05, 0.1) is 5.69 Å². The predicted molar refractivity (Wildman–Crippen MR) is 122 cm³/mol. The van der Waals surface area contributed by atoms with Gasteiger partial charge in [-0.05, 0) is 44.2 Å². The van der Waals surface area contributed by atoms with Crippen LogP contribution in [-0.4, -0.2) is 46.7 Å². The number of rotatable bonds is 6. The van der Waals surface area contributed by atoms with Crippen LogP contribution in [0.1, 0.15) is 70.1 Å². The van der Waals surface area contributed by atoms with E-state index < -0.39 is 0 Å². The monoisotopic (exact) mass is 411 g/mol. The van der Waals surface area contributed by atoms with Crippen LogP contribution in [0.15, 0.2) is 30.5 Å². The van der Waals surface area contributed by atoms with Gasteiger partial charge in [0.15, 0.2) is 0 Å². The van der Waals surface area contributed by atoms with Gasteiger partial charge in [-0.25, -0.2) is 4.98 Å². The van der Waals surface area contributed by atoms with Crippen LogP contribution in [0.4, 0.5) is 0 Å². The van der Waals surface area contributed by atoms with Crippen molar-refractivity contribution in [1.29, 1.82) is 0 Å². The molecule has 1 aromatic heterocycles. The summed E-state index contributed by atoms with van der Waals surface area (Å²) in [6.45, 7) is 13.5. The van der Waals surface area contributed by atoms with E-state index in [0.29, 0.717) is 11.5 Å². The van der Waals surface area contributed by atoms with Gasteiger partial charge in [-0.1, -0.05) is 39.8 Å². The second-order valence-electron chi connectivity index (χ2n) is 9.66. The minimum Gasteiger partial charge on any atom is -0.381 e. The van der Waals surface area contributed by atoms with E-state index in [2.05, 4.69) is 45.4 Å². The van der Waals surface area contributed by atoms with Crippen LogP contribution < -0.4 is 0 Å². The van der Waals surface area contributed by atoms with Crippen LogP contribution in [0.3, 0.4) is 0 Å². The molecule has 30 heavy (non-hydrogen) atoms. The first kappa shape index (κ1) is 22.5. The average Bonchev–Trinajstić information content (AvgIpc) is 3.17. The van der Waals surface area contributed by atoms with Gasteiger partial charge < -0.3 is 14.2 Å². The second-order valence-corrected chi connectivity index (χ2v) is 9.66. The third-order valence-corrected chi connectivity index (χ3v) is 6.22. The summed E-state index contributed by atoms with van der Waals surface area (Å²) in [5.41, 5.74) is 2.60. The normalized spacial score (nSPS) is 16.5. The van der Waals surface area contributed by atoms with Crippen molar-refractivity contribution in [3.8, 4) is 11.3 Å². The molecule has 0 N–H and O–H groups in total. The van der Waals surface area contributed by atoms with Gasteiger partial charge in [-0.2, -0.15) is 0 Å². The summed E-state index contributed by atoms with van der Waals surface area (Å²) in [7, 11) is 1.88. The summed E-state index contributed by atoms with van der Waals surface area (Å²) in [4.78, 5) is 19.8. The Morgan fingerprint density at radius 1 is 1.30 bits per heavy atom. The predicted octanol–water partition coefficient (Wildman–Crippen LogP) is 5.14. The number of ether oxygens (including phenoxy) is 1. The first-order valence-corrected chi connectivity index (χ1v) is 11.2. The molecular formula is C25H37N3O2. The Bertz CT molecular complexity index is 860. The second kappa shape index (κ2) is 9.34. The zero-order valence-corrected chi connectivity index (χ0v) is 19.4. The lowest BCUT2D eigenvalue weighted by atomic mass is 9.94. The third kappa shape index (κ3) is 5.12. The number of imidazole rings is 1. The van der Waals surface area contributed by atoms with Gasteiger partial charge in [-0.3, -0.25) is 4.79 Å². The van der Waals surface area contributed by atoms with Crippen LogP contribution in [0.5, 0.6) is 0 Å². The van der Waals surface area contributed by atoms with Crippen molar-refractivity contribution < 1.29 is 9.53 Å². The summed E-state index contributed by atoms with van der Waals surface area (Å²) >= 11 is 0. The molecule has 2 aromatic rings. The van der Waals surface area contributed by atoms with Gasteiger partial charge in [0.2, 0.25) is 0 Å². The van der Waals surface area contributed by atoms with Crippen molar-refractivity contribution >= 4 is 5.91 Å². The average molecular weight is 412 g/mol. The van der Waals surface area contributed by atoms with Crippen molar-refractivity contribution in [1.82, 2.24) is 14.5 Å². The Labute approximate surface area is 181 Å². The lowest BCUT2D eigenvalue weighted by Gasteiger charge is -2.25. The standard InChI is InChI=1S/C25H37N3O2/c1-7-18(2)27(6)23(29)21-10-8-9-20(15-21)22-17-28(24(26-22)25(3,4)5)16-19-11-13-30-14-12-19/h8-10,15,17-19H,7,11-14,16H2,1-6H3. The van der Waals surface area contributed by atoms with Gasteiger partial charge >= 0.3 is 0 Å². The highest BCUT2D eigenvalue weighted by atomic mass is 16.5. The van der Waals surface area contributed by atoms with E-state index in [1.54, 1.807) is 0 Å². The third-order valence-electron chi connectivity index (χ3n) is 6.22. The minimum atomic E-state index is -0.0480. The maximum absolute atomic E-state index is 12.9. The Morgan fingerprint density at radius 2 is 2.00 bits per heavy atom. The van der Waals surface area contributed by atoms with E-state index in [0.717, 1.165) is 56.1 Å². The maximum Gasteiger partial charge on any atom is 0.253 e. The number of carbonyl (C=O) groups is 1. The molecule has 164 valence electrons. The van der Waals surface area contributed by atoms with E-state index in [1.165, 1.54) is 0 Å². The summed E-state index contributed by atoms with van der Waals surface area (Å²) in [5.74, 6) is 1.78. The number of hydrogen-bond acceptors (Lipinski definition) is 3. The molecular weight excluding hydrogens is 374 g/mol. The topological polar surface area (TPSA) is 47.4 Å². The molecule has 1 aromatic carbocycles. The fourth-order valence-electron chi connectivity index (χ4n) is 3.99. The summed E-state index contributed by atoms with van der Waals surface area (Å²) in [6.07, 6.45) is 5.30. The molecule has 1 amide bonds. The molecule has 0 aliphatic carbocycles. The molecule has 3 rings (SSSR count). The number of amides is 1. The number of nitrogens with zero attached hydrogens (tertiary/aromatic N) is 3. The van der Waals surface area contributed by atoms with Crippen LogP contribution in [0, 0.1) is 5.92 Å². The highest BCUT2D eigenvalue weighted by Gasteiger charge is 2.25. The molecule has 0 radical (unpaired) electrons. The molecule has 1 fully saturated rings. The maximum atomic E-state index is 12.9. The first-order valence-electron chi connectivity index (χ1n) is 11.2. The Morgan fingerprint density at radius 3 is 2.63 bits per heavy atom. The lowest BCUT2D eigenvalue weighted by molar-refractivity contribution is 0.0607. The molecule has 5 heteroatoms. The zero-order chi connectivity index (χ0) is 21.9. The SMILES string of the molecule is CCC(C)N(C)C(=O)c1cccc(-c2cn(CC3CCOCC3)c(C(C)(C)C)n2)c1. The van der Waals surface area contributed by atoms with Gasteiger partial charge in [-0.15, -0.1) is 0 Å². The van der Waals surface area contributed by atoms with Crippen molar-refractivity contribution in [3.63, 3.8) is 0 Å². The fourth-order valence-corrected chi connectivity index (χ4v) is 3.99. The van der Waals surface area contributed by atoms with E-state index >= 15 is 0 Å². The number of benzene rings is 1. The molecule has 0 spiro atoms. The Balaban J connectivity index is 1.91. The van der Waals surface area contributed by atoms with Gasteiger partial charge in [0, 0.05) is 55.6 Å². The summed E-state index contributed by atoms with van der Waals surface area (Å²) in [6, 6.07) is 8.10. The first-order chi connectivity index (χ1) is 14.2. The summed E-state index contributed by atoms with van der Waals surface area (Å²) in [5, 5.41) is 0. The number of aromatic nitrogens is 2. The highest BCUT2D eigenvalue weighted by molar-refractivity contribution is 5.95. The van der Waals surface area contributed by atoms with E-state index in [-0.39, 0.29) is 17.4 Å². The summed E-state index contributed by atoms with van der Waals surface area (Å²) < 4.78 is 7.85. The van der Waals surface area contributed by atoms with Crippen molar-refractivity contribution in [2.24, 2.45) is 5.92 Å². The Hall–Kier alpha value is -2.14. The fraction of sp³-hybridized carbons (Fsp3) is 0.600. The molecule has 5 nitrogen and oxygen atoms in total. The van der Waals surface area contributed by atoms with Crippen molar-refractivity contribution in [3.05, 3.63) is 41.9 Å². The molecule has 1 saturated heterocycles. The van der Waals surface area contributed by atoms with E-state index in [9.17, 15) is 4.79 Å². The highest BCUT2D eigenvalue weighted by Crippen LogP contribution is 2.29. The smallest absolute Gasteiger partial charge is 0.253 e. The molecule has 0 bridgehead atoms. The molecule has 1 aliphatic rings. The lowest BCUT2D eigenvalue weighted by Crippen LogP contribution is -2.34. The molecule has 2 heterocycles. The number of hydrogen-bond donors (Lipinski definition) is 0. The number of carbonyl (C=O) groups excluding carboxylic acids is 1. The zero-order valence-electron chi connectivity index (χ0n) is 19.4. The van der Waals surface area contributed by atoms with Crippen LogP contribution in [-0.2, 0) is 16.7 Å². The van der Waals surface area contributed by atoms with Crippen LogP contribution in [0.25, 0.3) is 11.3 Å². The van der Waals surface area contributed by atoms with Crippen molar-refractivity contribution in [2.45, 2.75) is 71.9 Å². The van der Waals surface area contributed by atoms with Crippen LogP contribution in [0.2, 0.25) is 0 Å². The molecule has 1 aliphatic heterocycles. The van der Waals surface area contributed by atoms with Crippen molar-refractivity contribution in [2.75, 3.05) is 20.3 Å². The van der Waals surface area contributed by atoms with E-state index in [1.807, 2.05) is 36.2 Å². The van der Waals surface area contributed by atoms with Gasteiger partial charge in [0.25, 0.3) is 5.91 Å². The molecule has 1 atom stereocenters. The quantitative estimate of drug-likeness (QED) is 0.661. The van der Waals surface area contributed by atoms with E-state index in [4.69, 9.17) is 9.72 Å². The molecule has 1 unspecified atom stereocenters.